The van der Waals surface area contributed by atoms with Gasteiger partial charge < -0.3 is 4.74 Å². The average molecular weight is 413 g/mol. The number of rotatable bonds is 6. The fourth-order valence-corrected chi connectivity index (χ4v) is 4.01. The van der Waals surface area contributed by atoms with Crippen LogP contribution in [0.3, 0.4) is 0 Å². The van der Waals surface area contributed by atoms with Crippen molar-refractivity contribution >= 4 is 11.8 Å². The van der Waals surface area contributed by atoms with Crippen molar-refractivity contribution in [2.45, 2.75) is 17.8 Å². The van der Waals surface area contributed by atoms with Gasteiger partial charge in [-0.2, -0.15) is 5.26 Å². The number of nitriles is 1. The van der Waals surface area contributed by atoms with Crippen molar-refractivity contribution in [3.05, 3.63) is 89.5 Å². The highest BCUT2D eigenvalue weighted by Gasteiger charge is 2.17. The van der Waals surface area contributed by atoms with E-state index in [0.717, 1.165) is 33.5 Å². The van der Waals surface area contributed by atoms with Gasteiger partial charge >= 0.3 is 0 Å². The number of nitrogens with zero attached hydrogens (tertiary/aromatic N) is 4. The van der Waals surface area contributed by atoms with E-state index in [1.54, 1.807) is 18.9 Å². The predicted octanol–water partition coefficient (Wildman–Crippen LogP) is 5.42. The molecule has 0 N–H and O–H groups in total. The van der Waals surface area contributed by atoms with E-state index in [9.17, 15) is 0 Å². The summed E-state index contributed by atoms with van der Waals surface area (Å²) >= 11 is 1.59. The maximum atomic E-state index is 9.14. The van der Waals surface area contributed by atoms with Crippen LogP contribution in [-0.2, 0) is 5.75 Å². The number of aryl methyl sites for hydroxylation is 1. The molecule has 0 unspecified atom stereocenters. The van der Waals surface area contributed by atoms with Crippen molar-refractivity contribution in [1.29, 1.82) is 5.26 Å². The number of hydrogen-bond donors (Lipinski definition) is 0. The molecular weight excluding hydrogens is 392 g/mol. The Labute approximate surface area is 180 Å². The minimum atomic E-state index is 0.658. The lowest BCUT2D eigenvalue weighted by Crippen LogP contribution is -2.00. The molecule has 0 fully saturated rings. The number of methoxy groups -OCH3 is 1. The van der Waals surface area contributed by atoms with Crippen LogP contribution in [0.15, 0.2) is 78.0 Å². The summed E-state index contributed by atoms with van der Waals surface area (Å²) in [4.78, 5) is 0. The molecule has 6 heteroatoms. The molecule has 5 nitrogen and oxygen atoms in total. The maximum absolute atomic E-state index is 9.14. The third-order valence-electron chi connectivity index (χ3n) is 4.68. The van der Waals surface area contributed by atoms with E-state index >= 15 is 0 Å². The molecule has 0 aliphatic rings. The number of aromatic nitrogens is 3. The zero-order valence-electron chi connectivity index (χ0n) is 16.7. The van der Waals surface area contributed by atoms with E-state index in [-0.39, 0.29) is 0 Å². The Morgan fingerprint density at radius 2 is 1.80 bits per heavy atom. The van der Waals surface area contributed by atoms with E-state index in [2.05, 4.69) is 52.0 Å². The summed E-state index contributed by atoms with van der Waals surface area (Å²) in [5.41, 5.74) is 4.85. The van der Waals surface area contributed by atoms with Crippen molar-refractivity contribution in [1.82, 2.24) is 14.8 Å². The molecule has 0 atom stereocenters. The SMILES string of the molecule is COc1cccc(-c2nnc(SCc3cccc(C#N)c3)n2-c2ccc(C)cc2)c1. The summed E-state index contributed by atoms with van der Waals surface area (Å²) in [6, 6.07) is 25.9. The number of ether oxygens (including phenoxy) is 1. The Balaban J connectivity index is 1.73. The Morgan fingerprint density at radius 1 is 1.00 bits per heavy atom. The predicted molar refractivity (Wildman–Crippen MR) is 119 cm³/mol. The largest absolute Gasteiger partial charge is 0.497 e. The summed E-state index contributed by atoms with van der Waals surface area (Å²) < 4.78 is 7.45. The molecule has 0 aliphatic heterocycles. The van der Waals surface area contributed by atoms with Gasteiger partial charge in [0, 0.05) is 17.0 Å². The van der Waals surface area contributed by atoms with Crippen LogP contribution in [0.4, 0.5) is 0 Å². The van der Waals surface area contributed by atoms with E-state index in [0.29, 0.717) is 11.3 Å². The van der Waals surface area contributed by atoms with Crippen LogP contribution in [0.2, 0.25) is 0 Å². The van der Waals surface area contributed by atoms with Crippen LogP contribution < -0.4 is 4.74 Å². The molecule has 0 saturated heterocycles. The smallest absolute Gasteiger partial charge is 0.196 e. The first kappa shape index (κ1) is 19.7. The summed E-state index contributed by atoms with van der Waals surface area (Å²) in [6.45, 7) is 2.07. The lowest BCUT2D eigenvalue weighted by Gasteiger charge is -2.11. The highest BCUT2D eigenvalue weighted by atomic mass is 32.2. The molecule has 0 saturated carbocycles. The second-order valence-electron chi connectivity index (χ2n) is 6.81. The first-order valence-electron chi connectivity index (χ1n) is 9.46. The third kappa shape index (κ3) is 4.22. The van der Waals surface area contributed by atoms with Crippen LogP contribution in [0.25, 0.3) is 17.1 Å². The van der Waals surface area contributed by atoms with Gasteiger partial charge in [-0.3, -0.25) is 4.57 Å². The van der Waals surface area contributed by atoms with E-state index in [1.807, 2.05) is 48.5 Å². The summed E-state index contributed by atoms with van der Waals surface area (Å²) in [5.74, 6) is 2.22. The van der Waals surface area contributed by atoms with Crippen LogP contribution in [-0.4, -0.2) is 21.9 Å². The number of hydrogen-bond acceptors (Lipinski definition) is 5. The van der Waals surface area contributed by atoms with Gasteiger partial charge in [0.25, 0.3) is 0 Å². The summed E-state index contributed by atoms with van der Waals surface area (Å²) in [7, 11) is 1.65. The van der Waals surface area contributed by atoms with Crippen molar-refractivity contribution in [3.8, 4) is 28.9 Å². The molecule has 0 aliphatic carbocycles. The Kier molecular flexibility index (Phi) is 5.82. The molecule has 30 heavy (non-hydrogen) atoms. The maximum Gasteiger partial charge on any atom is 0.196 e. The molecule has 4 aromatic rings. The van der Waals surface area contributed by atoms with E-state index < -0.39 is 0 Å². The first-order valence-corrected chi connectivity index (χ1v) is 10.5. The summed E-state index contributed by atoms with van der Waals surface area (Å²) in [6.07, 6.45) is 0. The second kappa shape index (κ2) is 8.85. The standard InChI is InChI=1S/C24H20N4OS/c1-17-9-11-21(12-10-17)28-23(20-7-4-8-22(14-20)29-2)26-27-24(28)30-16-19-6-3-5-18(13-19)15-25/h3-14H,16H2,1-2H3. The molecule has 0 amide bonds. The quantitative estimate of drug-likeness (QED) is 0.396. The van der Waals surface area contributed by atoms with Crippen LogP contribution in [0.1, 0.15) is 16.7 Å². The molecule has 0 bridgehead atoms. The highest BCUT2D eigenvalue weighted by molar-refractivity contribution is 7.98. The number of thioether (sulfide) groups is 1. The van der Waals surface area contributed by atoms with Gasteiger partial charge in [0.05, 0.1) is 18.7 Å². The van der Waals surface area contributed by atoms with Crippen molar-refractivity contribution in [2.24, 2.45) is 0 Å². The minimum Gasteiger partial charge on any atom is -0.497 e. The lowest BCUT2D eigenvalue weighted by atomic mass is 10.2. The van der Waals surface area contributed by atoms with Gasteiger partial charge in [-0.15, -0.1) is 10.2 Å². The minimum absolute atomic E-state index is 0.658. The zero-order valence-corrected chi connectivity index (χ0v) is 17.6. The van der Waals surface area contributed by atoms with Gasteiger partial charge in [-0.1, -0.05) is 53.7 Å². The Hall–Kier alpha value is -3.56. The summed E-state index contributed by atoms with van der Waals surface area (Å²) in [5, 5.41) is 18.9. The third-order valence-corrected chi connectivity index (χ3v) is 5.68. The molecule has 1 heterocycles. The fraction of sp³-hybridized carbons (Fsp3) is 0.125. The van der Waals surface area contributed by atoms with Crippen LogP contribution in [0.5, 0.6) is 5.75 Å². The van der Waals surface area contributed by atoms with Crippen molar-refractivity contribution in [3.63, 3.8) is 0 Å². The topological polar surface area (TPSA) is 63.7 Å². The molecule has 4 rings (SSSR count). The molecule has 0 radical (unpaired) electrons. The van der Waals surface area contributed by atoms with E-state index in [1.165, 1.54) is 5.56 Å². The average Bonchev–Trinajstić information content (AvgIpc) is 3.22. The normalized spacial score (nSPS) is 10.6. The van der Waals surface area contributed by atoms with Gasteiger partial charge in [-0.05, 0) is 48.9 Å². The zero-order chi connectivity index (χ0) is 20.9. The van der Waals surface area contributed by atoms with Crippen molar-refractivity contribution < 1.29 is 4.74 Å². The fourth-order valence-electron chi connectivity index (χ4n) is 3.12. The Bertz CT molecular complexity index is 1210. The van der Waals surface area contributed by atoms with Gasteiger partial charge in [0.1, 0.15) is 5.75 Å². The molecule has 3 aromatic carbocycles. The number of benzene rings is 3. The van der Waals surface area contributed by atoms with Crippen LogP contribution in [0, 0.1) is 18.3 Å². The van der Waals surface area contributed by atoms with Gasteiger partial charge in [0.15, 0.2) is 11.0 Å². The van der Waals surface area contributed by atoms with Gasteiger partial charge in [0.2, 0.25) is 0 Å². The second-order valence-corrected chi connectivity index (χ2v) is 7.75. The van der Waals surface area contributed by atoms with Crippen molar-refractivity contribution in [2.75, 3.05) is 7.11 Å². The molecule has 0 spiro atoms. The first-order chi connectivity index (χ1) is 14.7. The molecular formula is C24H20N4OS. The van der Waals surface area contributed by atoms with Crippen LogP contribution >= 0.6 is 11.8 Å². The molecule has 148 valence electrons. The lowest BCUT2D eigenvalue weighted by molar-refractivity contribution is 0.415. The van der Waals surface area contributed by atoms with E-state index in [4.69, 9.17) is 10.00 Å². The van der Waals surface area contributed by atoms with Gasteiger partial charge in [-0.25, -0.2) is 0 Å². The monoisotopic (exact) mass is 412 g/mol. The highest BCUT2D eigenvalue weighted by Crippen LogP contribution is 2.31. The Morgan fingerprint density at radius 3 is 2.57 bits per heavy atom. The molecule has 1 aromatic heterocycles.